The summed E-state index contributed by atoms with van der Waals surface area (Å²) in [6, 6.07) is 16.6. The van der Waals surface area contributed by atoms with Gasteiger partial charge in [0, 0.05) is 25.7 Å². The van der Waals surface area contributed by atoms with Crippen molar-refractivity contribution in [1.29, 1.82) is 0 Å². The average molecular weight is 462 g/mol. The molecule has 34 heavy (non-hydrogen) atoms. The number of nitrogens with one attached hydrogen (secondary N) is 2. The van der Waals surface area contributed by atoms with Crippen molar-refractivity contribution in [3.05, 3.63) is 76.0 Å². The summed E-state index contributed by atoms with van der Waals surface area (Å²) in [5.74, 6) is 1.02. The van der Waals surface area contributed by atoms with Crippen molar-refractivity contribution < 1.29 is 4.92 Å². The van der Waals surface area contributed by atoms with Crippen LogP contribution in [0.5, 0.6) is 0 Å². The van der Waals surface area contributed by atoms with Crippen LogP contribution in [0.15, 0.2) is 54.7 Å². The Kier molecular flexibility index (Phi) is 7.66. The number of hydrogen-bond acceptors (Lipinski definition) is 8. The molecule has 1 aliphatic rings. The van der Waals surface area contributed by atoms with Crippen LogP contribution < -0.4 is 22.1 Å². The normalized spacial score (nSPS) is 17.8. The molecule has 9 heteroatoms. The van der Waals surface area contributed by atoms with Gasteiger partial charge in [-0.05, 0) is 66.0 Å². The van der Waals surface area contributed by atoms with Crippen molar-refractivity contribution >= 4 is 17.5 Å². The van der Waals surface area contributed by atoms with Crippen molar-refractivity contribution in [3.8, 4) is 11.1 Å². The number of nitro groups is 1. The minimum Gasteiger partial charge on any atom is -0.364 e. The Balaban J connectivity index is 1.43. The fraction of sp³-hybridized carbons (Fsp3) is 0.360. The van der Waals surface area contributed by atoms with Gasteiger partial charge in [-0.3, -0.25) is 10.1 Å². The van der Waals surface area contributed by atoms with Gasteiger partial charge < -0.3 is 22.1 Å². The second-order valence-electron chi connectivity index (χ2n) is 8.80. The molecule has 1 saturated carbocycles. The fourth-order valence-electron chi connectivity index (χ4n) is 4.28. The van der Waals surface area contributed by atoms with E-state index in [1.54, 1.807) is 0 Å². The molecule has 6 N–H and O–H groups in total. The first-order valence-electron chi connectivity index (χ1n) is 11.6. The second-order valence-corrected chi connectivity index (χ2v) is 8.80. The van der Waals surface area contributed by atoms with Crippen molar-refractivity contribution in [2.24, 2.45) is 17.4 Å². The van der Waals surface area contributed by atoms with Crippen molar-refractivity contribution in [1.82, 2.24) is 9.97 Å². The van der Waals surface area contributed by atoms with Crippen LogP contribution in [0.3, 0.4) is 0 Å². The molecule has 0 saturated heterocycles. The minimum absolute atomic E-state index is 0.125. The highest BCUT2D eigenvalue weighted by Crippen LogP contribution is 2.27. The Hall–Kier alpha value is -3.56. The molecule has 1 aromatic heterocycles. The van der Waals surface area contributed by atoms with Crippen molar-refractivity contribution in [2.75, 3.05) is 17.2 Å². The third-order valence-electron chi connectivity index (χ3n) is 6.29. The summed E-state index contributed by atoms with van der Waals surface area (Å²) in [7, 11) is 0. The van der Waals surface area contributed by atoms with Gasteiger partial charge in [0.25, 0.3) is 0 Å². The van der Waals surface area contributed by atoms with Crippen LogP contribution in [-0.2, 0) is 13.1 Å². The predicted octanol–water partition coefficient (Wildman–Crippen LogP) is 4.05. The summed E-state index contributed by atoms with van der Waals surface area (Å²) in [6.07, 6.45) is 5.26. The molecule has 0 unspecified atom stereocenters. The molecule has 0 amide bonds. The SMILES string of the molecule is NCc1cccc(-c2cccc(CNc3ncc([N+](=O)[O-])c(NCC4CCC(N)CC4)n3)c2)c1. The molecule has 0 bridgehead atoms. The number of anilines is 2. The summed E-state index contributed by atoms with van der Waals surface area (Å²) >= 11 is 0. The van der Waals surface area contributed by atoms with Crippen molar-refractivity contribution in [3.63, 3.8) is 0 Å². The molecular weight excluding hydrogens is 430 g/mol. The smallest absolute Gasteiger partial charge is 0.329 e. The predicted molar refractivity (Wildman–Crippen MR) is 134 cm³/mol. The average Bonchev–Trinajstić information content (AvgIpc) is 2.87. The first-order chi connectivity index (χ1) is 16.5. The van der Waals surface area contributed by atoms with Crippen LogP contribution in [-0.4, -0.2) is 27.5 Å². The van der Waals surface area contributed by atoms with E-state index in [1.807, 2.05) is 24.3 Å². The third kappa shape index (κ3) is 6.06. The standard InChI is InChI=1S/C25H31N7O2/c26-13-18-3-1-5-20(11-18)21-6-2-4-19(12-21)15-29-25-30-16-23(32(33)34)24(31-25)28-14-17-7-9-22(27)10-8-17/h1-6,11-12,16-17,22H,7-10,13-15,26-27H2,(H2,28,29,30,31). The number of nitrogens with zero attached hydrogens (tertiary/aromatic N) is 3. The summed E-state index contributed by atoms with van der Waals surface area (Å²) in [6.45, 7) is 1.62. The molecule has 0 atom stereocenters. The summed E-state index contributed by atoms with van der Waals surface area (Å²) in [5.41, 5.74) is 16.0. The van der Waals surface area contributed by atoms with E-state index >= 15 is 0 Å². The van der Waals surface area contributed by atoms with Gasteiger partial charge in [0.05, 0.1) is 4.92 Å². The van der Waals surface area contributed by atoms with Crippen LogP contribution >= 0.6 is 0 Å². The van der Waals surface area contributed by atoms with Crippen LogP contribution in [0.2, 0.25) is 0 Å². The second kappa shape index (κ2) is 11.0. The van der Waals surface area contributed by atoms with E-state index in [-0.39, 0.29) is 17.5 Å². The molecule has 1 fully saturated rings. The van der Waals surface area contributed by atoms with Crippen LogP contribution in [0, 0.1) is 16.0 Å². The number of aromatic nitrogens is 2. The zero-order valence-corrected chi connectivity index (χ0v) is 19.1. The topological polar surface area (TPSA) is 145 Å². The first-order valence-corrected chi connectivity index (χ1v) is 11.6. The number of nitrogens with two attached hydrogens (primary N) is 2. The molecule has 0 spiro atoms. The van der Waals surface area contributed by atoms with Gasteiger partial charge in [0.1, 0.15) is 6.20 Å². The fourth-order valence-corrected chi connectivity index (χ4v) is 4.28. The Bertz CT molecular complexity index is 1130. The quantitative estimate of drug-likeness (QED) is 0.276. The number of rotatable bonds is 9. The van der Waals surface area contributed by atoms with Gasteiger partial charge in [-0.25, -0.2) is 4.98 Å². The third-order valence-corrected chi connectivity index (χ3v) is 6.29. The first kappa shape index (κ1) is 23.6. The summed E-state index contributed by atoms with van der Waals surface area (Å²) in [4.78, 5) is 19.6. The van der Waals surface area contributed by atoms with E-state index in [0.29, 0.717) is 31.5 Å². The van der Waals surface area contributed by atoms with E-state index in [2.05, 4.69) is 44.9 Å². The van der Waals surface area contributed by atoms with Crippen molar-refractivity contribution in [2.45, 2.75) is 44.8 Å². The van der Waals surface area contributed by atoms with E-state index < -0.39 is 4.92 Å². The summed E-state index contributed by atoms with van der Waals surface area (Å²) in [5, 5.41) is 17.8. The minimum atomic E-state index is -0.457. The highest BCUT2D eigenvalue weighted by molar-refractivity contribution is 5.65. The maximum atomic E-state index is 11.5. The Labute approximate surface area is 199 Å². The number of hydrogen-bond donors (Lipinski definition) is 4. The highest BCUT2D eigenvalue weighted by Gasteiger charge is 2.21. The molecule has 3 aromatic rings. The zero-order valence-electron chi connectivity index (χ0n) is 19.1. The lowest BCUT2D eigenvalue weighted by molar-refractivity contribution is -0.384. The van der Waals surface area contributed by atoms with E-state index in [1.165, 1.54) is 6.20 Å². The molecule has 0 radical (unpaired) electrons. The molecule has 1 heterocycles. The zero-order chi connectivity index (χ0) is 23.9. The van der Waals surface area contributed by atoms with Crippen LogP contribution in [0.1, 0.15) is 36.8 Å². The van der Waals surface area contributed by atoms with Crippen LogP contribution in [0.25, 0.3) is 11.1 Å². The molecular formula is C25H31N7O2. The van der Waals surface area contributed by atoms with Gasteiger partial charge in [-0.15, -0.1) is 0 Å². The Morgan fingerprint density at radius 2 is 1.68 bits per heavy atom. The summed E-state index contributed by atoms with van der Waals surface area (Å²) < 4.78 is 0. The van der Waals surface area contributed by atoms with Crippen LogP contribution in [0.4, 0.5) is 17.5 Å². The Morgan fingerprint density at radius 3 is 2.35 bits per heavy atom. The lowest BCUT2D eigenvalue weighted by Gasteiger charge is -2.26. The molecule has 9 nitrogen and oxygen atoms in total. The lowest BCUT2D eigenvalue weighted by atomic mass is 9.86. The van der Waals surface area contributed by atoms with E-state index in [0.717, 1.165) is 47.9 Å². The monoisotopic (exact) mass is 461 g/mol. The molecule has 2 aromatic carbocycles. The largest absolute Gasteiger partial charge is 0.364 e. The highest BCUT2D eigenvalue weighted by atomic mass is 16.6. The molecule has 0 aliphatic heterocycles. The van der Waals surface area contributed by atoms with Gasteiger partial charge in [-0.1, -0.05) is 36.4 Å². The molecule has 4 rings (SSSR count). The lowest BCUT2D eigenvalue weighted by Crippen LogP contribution is -2.29. The molecule has 1 aliphatic carbocycles. The van der Waals surface area contributed by atoms with E-state index in [4.69, 9.17) is 11.5 Å². The number of benzene rings is 2. The van der Waals surface area contributed by atoms with Gasteiger partial charge in [0.2, 0.25) is 11.8 Å². The Morgan fingerprint density at radius 1 is 1.00 bits per heavy atom. The van der Waals surface area contributed by atoms with Gasteiger partial charge in [0.15, 0.2) is 0 Å². The van der Waals surface area contributed by atoms with Gasteiger partial charge >= 0.3 is 5.69 Å². The molecule has 178 valence electrons. The maximum absolute atomic E-state index is 11.5. The van der Waals surface area contributed by atoms with E-state index in [9.17, 15) is 10.1 Å². The van der Waals surface area contributed by atoms with Gasteiger partial charge in [-0.2, -0.15) is 4.98 Å². The maximum Gasteiger partial charge on any atom is 0.329 e.